The molecular weight excluding hydrogens is 270 g/mol. The molecule has 0 amide bonds. The highest BCUT2D eigenvalue weighted by atomic mass is 16.4. The number of carbonyl (C=O) groups is 1. The van der Waals surface area contributed by atoms with Gasteiger partial charge in [-0.2, -0.15) is 0 Å². The van der Waals surface area contributed by atoms with Crippen LogP contribution in [-0.2, 0) is 0 Å². The quantitative estimate of drug-likeness (QED) is 0.786. The average molecular weight is 291 g/mol. The predicted molar refractivity (Wildman–Crippen MR) is 80.7 cm³/mol. The molecule has 0 bridgehead atoms. The lowest BCUT2D eigenvalue weighted by atomic mass is 9.89. The van der Waals surface area contributed by atoms with Gasteiger partial charge >= 0.3 is 5.97 Å². The number of aromatic nitrogens is 2. The van der Waals surface area contributed by atoms with Crippen LogP contribution >= 0.6 is 0 Å². The Morgan fingerprint density at radius 1 is 1.43 bits per heavy atom. The fourth-order valence-electron chi connectivity index (χ4n) is 2.32. The number of aliphatic hydroxyl groups excluding tert-OH is 1. The molecule has 0 spiro atoms. The van der Waals surface area contributed by atoms with E-state index in [1.54, 1.807) is 24.4 Å². The van der Waals surface area contributed by atoms with E-state index in [1.165, 1.54) is 4.40 Å². The van der Waals surface area contributed by atoms with Crippen molar-refractivity contribution in [3.8, 4) is 0 Å². The van der Waals surface area contributed by atoms with Crippen LogP contribution in [0.1, 0.15) is 37.7 Å². The summed E-state index contributed by atoms with van der Waals surface area (Å²) in [5.74, 6) is -0.775. The number of carboxylic acids is 1. The van der Waals surface area contributed by atoms with Crippen LogP contribution in [0, 0.1) is 5.41 Å². The van der Waals surface area contributed by atoms with Crippen molar-refractivity contribution in [1.82, 2.24) is 9.38 Å². The van der Waals surface area contributed by atoms with Crippen molar-refractivity contribution in [2.75, 3.05) is 11.9 Å². The van der Waals surface area contributed by atoms with E-state index in [0.29, 0.717) is 12.1 Å². The van der Waals surface area contributed by atoms with Crippen molar-refractivity contribution in [2.45, 2.75) is 33.3 Å². The Labute approximate surface area is 123 Å². The van der Waals surface area contributed by atoms with Crippen molar-refractivity contribution in [3.63, 3.8) is 0 Å². The van der Waals surface area contributed by atoms with Crippen molar-refractivity contribution in [1.29, 1.82) is 0 Å². The Hall–Kier alpha value is -2.08. The summed E-state index contributed by atoms with van der Waals surface area (Å²) in [6.45, 7) is 6.40. The summed E-state index contributed by atoms with van der Waals surface area (Å²) in [5.41, 5.74) is 0.645. The van der Waals surface area contributed by atoms with E-state index in [4.69, 9.17) is 0 Å². The zero-order valence-electron chi connectivity index (χ0n) is 12.5. The molecule has 21 heavy (non-hydrogen) atoms. The molecule has 0 radical (unpaired) electrons. The third-order valence-corrected chi connectivity index (χ3v) is 3.09. The van der Waals surface area contributed by atoms with Crippen LogP contribution in [0.3, 0.4) is 0 Å². The molecule has 1 atom stereocenters. The van der Waals surface area contributed by atoms with Gasteiger partial charge in [-0.1, -0.05) is 26.8 Å². The van der Waals surface area contributed by atoms with Gasteiger partial charge in [-0.15, -0.1) is 0 Å². The number of aliphatic hydroxyl groups is 1. The molecule has 0 fully saturated rings. The smallest absolute Gasteiger partial charge is 0.356 e. The third-order valence-electron chi connectivity index (χ3n) is 3.09. The van der Waals surface area contributed by atoms with E-state index in [2.05, 4.69) is 10.3 Å². The molecule has 0 saturated heterocycles. The summed E-state index contributed by atoms with van der Waals surface area (Å²) in [6.07, 6.45) is 1.72. The predicted octanol–water partition coefficient (Wildman–Crippen LogP) is 2.24. The number of pyridine rings is 1. The summed E-state index contributed by atoms with van der Waals surface area (Å²) in [5, 5.41) is 22.3. The summed E-state index contributed by atoms with van der Waals surface area (Å²) in [7, 11) is 0. The minimum absolute atomic E-state index is 0.00956. The molecule has 0 saturated carbocycles. The highest BCUT2D eigenvalue weighted by Gasteiger charge is 2.20. The first-order valence-corrected chi connectivity index (χ1v) is 6.90. The topological polar surface area (TPSA) is 86.9 Å². The van der Waals surface area contributed by atoms with Crippen molar-refractivity contribution in [2.24, 2.45) is 5.41 Å². The molecule has 2 rings (SSSR count). The SMILES string of the molecule is CC(C)(C)CC(O)CNc1nc2ccccn2c1C(=O)O. The molecular formula is C15H21N3O3. The van der Waals surface area contributed by atoms with Crippen LogP contribution in [-0.4, -0.2) is 38.2 Å². The number of imidazole rings is 1. The molecule has 2 aromatic rings. The van der Waals surface area contributed by atoms with Gasteiger partial charge in [-0.05, 0) is 24.0 Å². The molecule has 6 nitrogen and oxygen atoms in total. The van der Waals surface area contributed by atoms with Gasteiger partial charge in [0.1, 0.15) is 5.65 Å². The highest BCUT2D eigenvalue weighted by Crippen LogP contribution is 2.22. The van der Waals surface area contributed by atoms with Gasteiger partial charge in [0, 0.05) is 12.7 Å². The number of carboxylic acid groups (broad SMARTS) is 1. The number of fused-ring (bicyclic) bond motifs is 1. The number of rotatable bonds is 5. The lowest BCUT2D eigenvalue weighted by molar-refractivity contribution is 0.0690. The largest absolute Gasteiger partial charge is 0.476 e. The molecule has 0 aliphatic heterocycles. The molecule has 2 heterocycles. The minimum atomic E-state index is -1.05. The minimum Gasteiger partial charge on any atom is -0.476 e. The lowest BCUT2D eigenvalue weighted by Crippen LogP contribution is -2.25. The summed E-state index contributed by atoms with van der Waals surface area (Å²) < 4.78 is 1.51. The number of aromatic carboxylic acids is 1. The van der Waals surface area contributed by atoms with Crippen LogP contribution in [0.15, 0.2) is 24.4 Å². The van der Waals surface area contributed by atoms with Gasteiger partial charge in [0.2, 0.25) is 0 Å². The van der Waals surface area contributed by atoms with E-state index < -0.39 is 12.1 Å². The number of hydrogen-bond acceptors (Lipinski definition) is 4. The molecule has 3 N–H and O–H groups in total. The van der Waals surface area contributed by atoms with Crippen molar-refractivity contribution >= 4 is 17.4 Å². The second-order valence-corrected chi connectivity index (χ2v) is 6.34. The monoisotopic (exact) mass is 291 g/mol. The summed E-state index contributed by atoms with van der Waals surface area (Å²) in [6, 6.07) is 5.29. The molecule has 2 aromatic heterocycles. The van der Waals surface area contributed by atoms with Gasteiger partial charge in [0.15, 0.2) is 11.5 Å². The maximum absolute atomic E-state index is 11.4. The van der Waals surface area contributed by atoms with Gasteiger partial charge < -0.3 is 15.5 Å². The van der Waals surface area contributed by atoms with Gasteiger partial charge in [0.25, 0.3) is 0 Å². The van der Waals surface area contributed by atoms with Crippen LogP contribution < -0.4 is 5.32 Å². The third kappa shape index (κ3) is 3.72. The second kappa shape index (κ2) is 5.73. The number of nitrogens with one attached hydrogen (secondary N) is 1. The zero-order valence-corrected chi connectivity index (χ0v) is 12.5. The second-order valence-electron chi connectivity index (χ2n) is 6.34. The highest BCUT2D eigenvalue weighted by molar-refractivity contribution is 5.92. The first-order valence-electron chi connectivity index (χ1n) is 6.90. The van der Waals surface area contributed by atoms with Crippen molar-refractivity contribution < 1.29 is 15.0 Å². The normalized spacial score (nSPS) is 13.3. The molecule has 0 aliphatic carbocycles. The fourth-order valence-corrected chi connectivity index (χ4v) is 2.32. The summed E-state index contributed by atoms with van der Waals surface area (Å²) in [4.78, 5) is 15.7. The standard InChI is InChI=1S/C15H21N3O3/c1-15(2,3)8-10(19)9-16-13-12(14(20)21)18-7-5-4-6-11(18)17-13/h4-7,10,16,19H,8-9H2,1-3H3,(H,20,21). The van der Waals surface area contributed by atoms with Gasteiger partial charge in [-0.25, -0.2) is 9.78 Å². The number of nitrogens with zero attached hydrogens (tertiary/aromatic N) is 2. The van der Waals surface area contributed by atoms with E-state index in [-0.39, 0.29) is 23.5 Å². The summed E-state index contributed by atoms with van der Waals surface area (Å²) >= 11 is 0. The first-order chi connectivity index (χ1) is 9.78. The Morgan fingerprint density at radius 2 is 2.14 bits per heavy atom. The van der Waals surface area contributed by atoms with E-state index in [9.17, 15) is 15.0 Å². The zero-order chi connectivity index (χ0) is 15.6. The first kappa shape index (κ1) is 15.3. The Bertz CT molecular complexity index is 643. The number of hydrogen-bond donors (Lipinski definition) is 3. The molecule has 114 valence electrons. The van der Waals surface area contributed by atoms with Crippen LogP contribution in [0.4, 0.5) is 5.82 Å². The Morgan fingerprint density at radius 3 is 2.76 bits per heavy atom. The fraction of sp³-hybridized carbons (Fsp3) is 0.467. The average Bonchev–Trinajstić information content (AvgIpc) is 2.72. The van der Waals surface area contributed by atoms with Crippen LogP contribution in [0.5, 0.6) is 0 Å². The van der Waals surface area contributed by atoms with Crippen molar-refractivity contribution in [3.05, 3.63) is 30.1 Å². The van der Waals surface area contributed by atoms with Gasteiger partial charge in [-0.3, -0.25) is 4.40 Å². The number of anilines is 1. The lowest BCUT2D eigenvalue weighted by Gasteiger charge is -2.22. The molecule has 0 aliphatic rings. The van der Waals surface area contributed by atoms with E-state index in [0.717, 1.165) is 0 Å². The maximum Gasteiger partial charge on any atom is 0.356 e. The molecule has 0 aromatic carbocycles. The Balaban J connectivity index is 2.18. The maximum atomic E-state index is 11.4. The van der Waals surface area contributed by atoms with E-state index >= 15 is 0 Å². The van der Waals surface area contributed by atoms with Crippen LogP contribution in [0.2, 0.25) is 0 Å². The van der Waals surface area contributed by atoms with Crippen LogP contribution in [0.25, 0.3) is 5.65 Å². The van der Waals surface area contributed by atoms with E-state index in [1.807, 2.05) is 20.8 Å². The Kier molecular flexibility index (Phi) is 4.18. The van der Waals surface area contributed by atoms with Gasteiger partial charge in [0.05, 0.1) is 6.10 Å². The molecule has 6 heteroatoms. The molecule has 1 unspecified atom stereocenters.